The summed E-state index contributed by atoms with van der Waals surface area (Å²) in [6.45, 7) is 4.51. The highest BCUT2D eigenvalue weighted by molar-refractivity contribution is 6.06. The number of rotatable bonds is 7. The number of nitrogens with zero attached hydrogens (tertiary/aromatic N) is 4. The fourth-order valence-electron chi connectivity index (χ4n) is 4.55. The SMILES string of the molecule is C[C@H]1CCCN1CCNC(=O)c1ccc(F)c(NC(=O)c2cnc3[nH]c(-c4cnn(C)c4)cc3c2)c1. The molecule has 1 aliphatic rings. The van der Waals surface area contributed by atoms with Gasteiger partial charge in [0.25, 0.3) is 11.8 Å². The van der Waals surface area contributed by atoms with Crippen molar-refractivity contribution in [3.63, 3.8) is 0 Å². The number of anilines is 1. The van der Waals surface area contributed by atoms with E-state index in [0.717, 1.165) is 29.7 Å². The van der Waals surface area contributed by atoms with Crippen LogP contribution in [0, 0.1) is 5.82 Å². The van der Waals surface area contributed by atoms with Gasteiger partial charge in [-0.05, 0) is 56.6 Å². The molecule has 1 saturated heterocycles. The first-order chi connectivity index (χ1) is 17.4. The third-order valence-corrected chi connectivity index (χ3v) is 6.60. The summed E-state index contributed by atoms with van der Waals surface area (Å²) in [5.41, 5.74) is 2.83. The Morgan fingerprint density at radius 2 is 2.03 bits per heavy atom. The Kier molecular flexibility index (Phi) is 6.51. The second-order valence-corrected chi connectivity index (χ2v) is 9.18. The summed E-state index contributed by atoms with van der Waals surface area (Å²) in [6.07, 6.45) is 7.38. The number of fused-ring (bicyclic) bond motifs is 1. The number of aromatic nitrogens is 4. The predicted molar refractivity (Wildman–Crippen MR) is 135 cm³/mol. The number of carbonyl (C=O) groups is 2. The number of amides is 2. The van der Waals surface area contributed by atoms with Crippen LogP contribution in [0.4, 0.5) is 10.1 Å². The molecular weight excluding hydrogens is 461 g/mol. The number of aryl methyl sites for hydroxylation is 1. The minimum absolute atomic E-state index is 0.0639. The van der Waals surface area contributed by atoms with Crippen LogP contribution >= 0.6 is 0 Å². The maximum Gasteiger partial charge on any atom is 0.257 e. The van der Waals surface area contributed by atoms with E-state index in [4.69, 9.17) is 0 Å². The van der Waals surface area contributed by atoms with Crippen molar-refractivity contribution < 1.29 is 14.0 Å². The summed E-state index contributed by atoms with van der Waals surface area (Å²) in [5, 5.41) is 10.4. The Hall–Kier alpha value is -4.05. The van der Waals surface area contributed by atoms with Gasteiger partial charge < -0.3 is 15.6 Å². The second-order valence-electron chi connectivity index (χ2n) is 9.18. The van der Waals surface area contributed by atoms with Crippen molar-refractivity contribution in [2.75, 3.05) is 25.0 Å². The van der Waals surface area contributed by atoms with Gasteiger partial charge in [0.1, 0.15) is 11.5 Å². The molecule has 1 aromatic carbocycles. The van der Waals surface area contributed by atoms with E-state index in [-0.39, 0.29) is 22.7 Å². The summed E-state index contributed by atoms with van der Waals surface area (Å²) in [7, 11) is 1.83. The number of carbonyl (C=O) groups excluding carboxylic acids is 2. The number of nitrogens with one attached hydrogen (secondary N) is 3. The lowest BCUT2D eigenvalue weighted by Gasteiger charge is -2.20. The number of halogens is 1. The van der Waals surface area contributed by atoms with E-state index in [1.807, 2.05) is 19.3 Å². The average molecular weight is 490 g/mol. The fraction of sp³-hybridized carbons (Fsp3) is 0.308. The van der Waals surface area contributed by atoms with Gasteiger partial charge in [-0.1, -0.05) is 0 Å². The minimum Gasteiger partial charge on any atom is -0.351 e. The van der Waals surface area contributed by atoms with Crippen LogP contribution < -0.4 is 10.6 Å². The smallest absolute Gasteiger partial charge is 0.257 e. The number of aromatic amines is 1. The lowest BCUT2D eigenvalue weighted by Crippen LogP contribution is -2.36. The van der Waals surface area contributed by atoms with Gasteiger partial charge in [0.05, 0.1) is 23.1 Å². The van der Waals surface area contributed by atoms with Crippen molar-refractivity contribution in [3.05, 3.63) is 65.9 Å². The summed E-state index contributed by atoms with van der Waals surface area (Å²) in [5.74, 6) is -1.45. The molecular formula is C26H28FN7O2. The zero-order valence-electron chi connectivity index (χ0n) is 20.2. The molecule has 1 fully saturated rings. The van der Waals surface area contributed by atoms with Crippen LogP contribution in [0.15, 0.2) is 48.9 Å². The summed E-state index contributed by atoms with van der Waals surface area (Å²) < 4.78 is 16.2. The van der Waals surface area contributed by atoms with Crippen molar-refractivity contribution in [2.45, 2.75) is 25.8 Å². The lowest BCUT2D eigenvalue weighted by molar-refractivity contribution is 0.0946. The largest absolute Gasteiger partial charge is 0.351 e. The number of hydrogen-bond acceptors (Lipinski definition) is 5. The molecule has 0 radical (unpaired) electrons. The number of H-pyrrole nitrogens is 1. The van der Waals surface area contributed by atoms with E-state index in [9.17, 15) is 14.0 Å². The van der Waals surface area contributed by atoms with Gasteiger partial charge in [0, 0.05) is 55.1 Å². The Morgan fingerprint density at radius 3 is 2.78 bits per heavy atom. The van der Waals surface area contributed by atoms with Crippen LogP contribution in [0.25, 0.3) is 22.3 Å². The normalized spacial score (nSPS) is 15.9. The number of pyridine rings is 1. The molecule has 0 spiro atoms. The molecule has 2 amide bonds. The quantitative estimate of drug-likeness (QED) is 0.368. The van der Waals surface area contributed by atoms with Crippen molar-refractivity contribution in [1.82, 2.24) is 30.0 Å². The van der Waals surface area contributed by atoms with E-state index in [1.54, 1.807) is 16.9 Å². The van der Waals surface area contributed by atoms with Gasteiger partial charge in [-0.25, -0.2) is 9.37 Å². The maximum atomic E-state index is 14.5. The molecule has 36 heavy (non-hydrogen) atoms. The topological polar surface area (TPSA) is 108 Å². The third-order valence-electron chi connectivity index (χ3n) is 6.60. The molecule has 0 saturated carbocycles. The van der Waals surface area contributed by atoms with Gasteiger partial charge >= 0.3 is 0 Å². The van der Waals surface area contributed by atoms with Gasteiger partial charge in [-0.2, -0.15) is 5.10 Å². The predicted octanol–water partition coefficient (Wildman–Crippen LogP) is 3.57. The second kappa shape index (κ2) is 9.90. The number of benzene rings is 1. The van der Waals surface area contributed by atoms with E-state index in [1.165, 1.54) is 37.2 Å². The summed E-state index contributed by atoms with van der Waals surface area (Å²) in [6, 6.07) is 8.03. The maximum absolute atomic E-state index is 14.5. The van der Waals surface area contributed by atoms with Gasteiger partial charge in [0.15, 0.2) is 0 Å². The molecule has 5 rings (SSSR count). The third kappa shape index (κ3) is 4.99. The van der Waals surface area contributed by atoms with Crippen LogP contribution in [0.3, 0.4) is 0 Å². The van der Waals surface area contributed by atoms with Crippen molar-refractivity contribution in [1.29, 1.82) is 0 Å². The Bertz CT molecular complexity index is 1430. The van der Waals surface area contributed by atoms with Crippen molar-refractivity contribution in [2.24, 2.45) is 7.05 Å². The van der Waals surface area contributed by atoms with Crippen molar-refractivity contribution >= 4 is 28.5 Å². The van der Waals surface area contributed by atoms with Gasteiger partial charge in [-0.3, -0.25) is 19.2 Å². The number of likely N-dealkylation sites (tertiary alicyclic amines) is 1. The van der Waals surface area contributed by atoms with Gasteiger partial charge in [-0.15, -0.1) is 0 Å². The molecule has 186 valence electrons. The highest BCUT2D eigenvalue weighted by atomic mass is 19.1. The Labute approximate surface area is 207 Å². The van der Waals surface area contributed by atoms with Crippen LogP contribution in [0.1, 0.15) is 40.5 Å². The monoisotopic (exact) mass is 489 g/mol. The highest BCUT2D eigenvalue weighted by Gasteiger charge is 2.20. The summed E-state index contributed by atoms with van der Waals surface area (Å²) >= 11 is 0. The molecule has 10 heteroatoms. The van der Waals surface area contributed by atoms with Crippen molar-refractivity contribution in [3.8, 4) is 11.3 Å². The molecule has 3 N–H and O–H groups in total. The van der Waals surface area contributed by atoms with E-state index in [0.29, 0.717) is 18.2 Å². The molecule has 4 aromatic rings. The first-order valence-corrected chi connectivity index (χ1v) is 12.0. The molecule has 9 nitrogen and oxygen atoms in total. The Morgan fingerprint density at radius 1 is 1.17 bits per heavy atom. The van der Waals surface area contributed by atoms with E-state index < -0.39 is 11.7 Å². The molecule has 0 aliphatic carbocycles. The minimum atomic E-state index is -0.625. The first kappa shape index (κ1) is 23.7. The molecule has 0 unspecified atom stereocenters. The first-order valence-electron chi connectivity index (χ1n) is 12.0. The van der Waals surface area contributed by atoms with Crippen LogP contribution in [-0.4, -0.2) is 62.1 Å². The molecule has 1 atom stereocenters. The molecule has 1 aliphatic heterocycles. The number of hydrogen-bond donors (Lipinski definition) is 3. The van der Waals surface area contributed by atoms with E-state index in [2.05, 4.69) is 37.5 Å². The molecule has 3 aromatic heterocycles. The molecule has 4 heterocycles. The highest BCUT2D eigenvalue weighted by Crippen LogP contribution is 2.24. The van der Waals surface area contributed by atoms with Crippen LogP contribution in [0.5, 0.6) is 0 Å². The summed E-state index contributed by atoms with van der Waals surface area (Å²) in [4.78, 5) is 35.3. The average Bonchev–Trinajstić information content (AvgIpc) is 3.59. The zero-order chi connectivity index (χ0) is 25.2. The zero-order valence-corrected chi connectivity index (χ0v) is 20.2. The Balaban J connectivity index is 1.26. The van der Waals surface area contributed by atoms with Gasteiger partial charge in [0.2, 0.25) is 0 Å². The fourth-order valence-corrected chi connectivity index (χ4v) is 4.55. The van der Waals surface area contributed by atoms with E-state index >= 15 is 0 Å². The standard InChI is InChI=1S/C26H28FN7O2/c1-16-4-3-8-34(16)9-7-28-25(35)17-5-6-21(27)23(11-17)32-26(36)19-10-18-12-22(31-24(18)29-13-19)20-14-30-33(2)15-20/h5-6,10-16H,3-4,7-9H2,1-2H3,(H,28,35)(H,29,31)(H,32,36)/t16-/m0/s1. The van der Waals surface area contributed by atoms with Crippen LogP contribution in [0.2, 0.25) is 0 Å². The lowest BCUT2D eigenvalue weighted by atomic mass is 10.1. The van der Waals surface area contributed by atoms with Crippen LogP contribution in [-0.2, 0) is 7.05 Å². The molecule has 0 bridgehead atoms.